The van der Waals surface area contributed by atoms with Crippen molar-refractivity contribution in [1.29, 1.82) is 0 Å². The Morgan fingerprint density at radius 2 is 1.65 bits per heavy atom. The lowest BCUT2D eigenvalue weighted by Gasteiger charge is -2.08. The lowest BCUT2D eigenvalue weighted by atomic mass is 10.1. The van der Waals surface area contributed by atoms with Crippen LogP contribution in [0.5, 0.6) is 11.8 Å². The lowest BCUT2D eigenvalue weighted by molar-refractivity contribution is 0.432. The number of phenols is 1. The number of hydrogen-bond donors (Lipinski definition) is 3. The van der Waals surface area contributed by atoms with Crippen LogP contribution in [-0.2, 0) is 6.42 Å². The molecule has 1 aromatic carbocycles. The maximum atomic E-state index is 9.70. The summed E-state index contributed by atoms with van der Waals surface area (Å²) in [5, 5.41) is 22.1. The lowest BCUT2D eigenvalue weighted by Crippen LogP contribution is -2.07. The van der Waals surface area contributed by atoms with Crippen molar-refractivity contribution >= 4 is 5.82 Å². The molecule has 0 radical (unpaired) electrons. The average Bonchev–Trinajstić information content (AvgIpc) is 2.57. The van der Waals surface area contributed by atoms with Crippen molar-refractivity contribution in [2.24, 2.45) is 0 Å². The molecule has 0 aliphatic carbocycles. The number of aromatic nitrogens is 3. The summed E-state index contributed by atoms with van der Waals surface area (Å²) < 4.78 is 0. The number of phenolic OH excluding ortho intramolecular Hbond substituents is 1. The number of benzene rings is 1. The fourth-order valence-electron chi connectivity index (χ4n) is 2.19. The van der Waals surface area contributed by atoms with Gasteiger partial charge in [-0.15, -0.1) is 0 Å². The van der Waals surface area contributed by atoms with E-state index >= 15 is 0 Å². The van der Waals surface area contributed by atoms with E-state index in [4.69, 9.17) is 0 Å². The maximum absolute atomic E-state index is 9.70. The van der Waals surface area contributed by atoms with Gasteiger partial charge in [0.2, 0.25) is 0 Å². The van der Waals surface area contributed by atoms with E-state index in [1.807, 2.05) is 24.3 Å². The van der Waals surface area contributed by atoms with Crippen LogP contribution in [0, 0.1) is 0 Å². The molecule has 0 fully saturated rings. The van der Waals surface area contributed by atoms with Gasteiger partial charge in [0.1, 0.15) is 11.6 Å². The van der Waals surface area contributed by atoms with Gasteiger partial charge in [-0.25, -0.2) is 0 Å². The number of pyridine rings is 1. The molecular weight excluding hydrogens is 292 g/mol. The standard InChI is InChI=1S/C17H16N4O2/c22-14-3-1-12(2-4-14)5-10-19-16-11-15(20-17(23)21-16)13-6-8-18-9-7-13/h1-4,6-9,11,22H,5,10H2,(H2,19,20,21,23). The first-order chi connectivity index (χ1) is 11.2. The van der Waals surface area contributed by atoms with Crippen molar-refractivity contribution in [2.45, 2.75) is 6.42 Å². The molecule has 3 aromatic rings. The molecule has 6 nitrogen and oxygen atoms in total. The minimum Gasteiger partial charge on any atom is -0.508 e. The van der Waals surface area contributed by atoms with E-state index in [0.717, 1.165) is 17.5 Å². The van der Waals surface area contributed by atoms with Crippen LogP contribution in [0.15, 0.2) is 54.9 Å². The molecule has 3 N–H and O–H groups in total. The fourth-order valence-corrected chi connectivity index (χ4v) is 2.19. The topological polar surface area (TPSA) is 91.2 Å². The van der Waals surface area contributed by atoms with Gasteiger partial charge in [0, 0.05) is 30.6 Å². The summed E-state index contributed by atoms with van der Waals surface area (Å²) in [7, 11) is 0. The van der Waals surface area contributed by atoms with E-state index in [1.165, 1.54) is 0 Å². The van der Waals surface area contributed by atoms with Crippen molar-refractivity contribution < 1.29 is 10.2 Å². The van der Waals surface area contributed by atoms with Crippen molar-refractivity contribution in [3.05, 3.63) is 60.4 Å². The molecule has 0 unspecified atom stereocenters. The Kier molecular flexibility index (Phi) is 4.33. The minimum absolute atomic E-state index is 0.254. The van der Waals surface area contributed by atoms with Crippen LogP contribution < -0.4 is 5.32 Å². The Labute approximate surface area is 133 Å². The Morgan fingerprint density at radius 3 is 2.39 bits per heavy atom. The quantitative estimate of drug-likeness (QED) is 0.671. The third kappa shape index (κ3) is 3.94. The van der Waals surface area contributed by atoms with Crippen LogP contribution in [0.2, 0.25) is 0 Å². The normalized spacial score (nSPS) is 10.4. The summed E-state index contributed by atoms with van der Waals surface area (Å²) in [6.45, 7) is 0.650. The van der Waals surface area contributed by atoms with Crippen LogP contribution in [0.4, 0.5) is 5.82 Å². The van der Waals surface area contributed by atoms with Crippen LogP contribution in [0.3, 0.4) is 0 Å². The zero-order valence-corrected chi connectivity index (χ0v) is 12.3. The Morgan fingerprint density at radius 1 is 0.913 bits per heavy atom. The van der Waals surface area contributed by atoms with E-state index in [1.54, 1.807) is 30.6 Å². The zero-order valence-electron chi connectivity index (χ0n) is 12.3. The van der Waals surface area contributed by atoms with Crippen LogP contribution in [0.1, 0.15) is 5.56 Å². The third-order valence-electron chi connectivity index (χ3n) is 3.35. The SMILES string of the molecule is Oc1ccc(CCNc2cc(-c3ccncc3)nc(O)n2)cc1. The molecule has 6 heteroatoms. The summed E-state index contributed by atoms with van der Waals surface area (Å²) in [5.74, 6) is 0.813. The van der Waals surface area contributed by atoms with Gasteiger partial charge in [0.05, 0.1) is 5.69 Å². The molecule has 2 aromatic heterocycles. The van der Waals surface area contributed by atoms with Crippen molar-refractivity contribution in [1.82, 2.24) is 15.0 Å². The van der Waals surface area contributed by atoms with Gasteiger partial charge >= 0.3 is 6.01 Å². The van der Waals surface area contributed by atoms with Gasteiger partial charge in [0.25, 0.3) is 0 Å². The molecule has 0 saturated carbocycles. The van der Waals surface area contributed by atoms with Crippen LogP contribution >= 0.6 is 0 Å². The summed E-state index contributed by atoms with van der Waals surface area (Å²) in [6, 6.07) is 12.2. The highest BCUT2D eigenvalue weighted by atomic mass is 16.3. The summed E-state index contributed by atoms with van der Waals surface area (Å²) >= 11 is 0. The number of rotatable bonds is 5. The van der Waals surface area contributed by atoms with Gasteiger partial charge in [-0.1, -0.05) is 12.1 Å². The number of hydrogen-bond acceptors (Lipinski definition) is 6. The Hall–Kier alpha value is -3.15. The van der Waals surface area contributed by atoms with Gasteiger partial charge in [-0.3, -0.25) is 4.98 Å². The molecule has 0 aliphatic rings. The first kappa shape index (κ1) is 14.8. The first-order valence-corrected chi connectivity index (χ1v) is 7.21. The van der Waals surface area contributed by atoms with Crippen molar-refractivity contribution in [3.8, 4) is 23.0 Å². The first-order valence-electron chi connectivity index (χ1n) is 7.21. The van der Waals surface area contributed by atoms with Gasteiger partial charge in [0.15, 0.2) is 0 Å². The van der Waals surface area contributed by atoms with E-state index in [0.29, 0.717) is 18.1 Å². The fraction of sp³-hybridized carbons (Fsp3) is 0.118. The second kappa shape index (κ2) is 6.74. The monoisotopic (exact) mass is 308 g/mol. The molecule has 0 amide bonds. The summed E-state index contributed by atoms with van der Waals surface area (Å²) in [6.07, 6.45) is 4.12. The molecule has 0 spiro atoms. The van der Waals surface area contributed by atoms with Crippen molar-refractivity contribution in [3.63, 3.8) is 0 Å². The molecular formula is C17H16N4O2. The maximum Gasteiger partial charge on any atom is 0.316 e. The number of nitrogens with zero attached hydrogens (tertiary/aromatic N) is 3. The van der Waals surface area contributed by atoms with Gasteiger partial charge < -0.3 is 15.5 Å². The highest BCUT2D eigenvalue weighted by Crippen LogP contribution is 2.21. The predicted molar refractivity (Wildman–Crippen MR) is 87.2 cm³/mol. The van der Waals surface area contributed by atoms with Gasteiger partial charge in [-0.2, -0.15) is 9.97 Å². The van der Waals surface area contributed by atoms with E-state index in [-0.39, 0.29) is 11.8 Å². The smallest absolute Gasteiger partial charge is 0.316 e. The highest BCUT2D eigenvalue weighted by Gasteiger charge is 2.05. The van der Waals surface area contributed by atoms with Crippen molar-refractivity contribution in [2.75, 3.05) is 11.9 Å². The molecule has 2 heterocycles. The summed E-state index contributed by atoms with van der Waals surface area (Å²) in [5.41, 5.74) is 2.59. The molecule has 0 aliphatic heterocycles. The minimum atomic E-state index is -0.272. The second-order valence-corrected chi connectivity index (χ2v) is 5.02. The van der Waals surface area contributed by atoms with Gasteiger partial charge in [-0.05, 0) is 36.2 Å². The van der Waals surface area contributed by atoms with E-state index in [2.05, 4.69) is 20.3 Å². The Bertz CT molecular complexity index is 776. The van der Waals surface area contributed by atoms with E-state index in [9.17, 15) is 10.2 Å². The zero-order chi connectivity index (χ0) is 16.1. The second-order valence-electron chi connectivity index (χ2n) is 5.02. The predicted octanol–water partition coefficient (Wildman–Crippen LogP) is 2.60. The number of anilines is 1. The summed E-state index contributed by atoms with van der Waals surface area (Å²) in [4.78, 5) is 12.0. The van der Waals surface area contributed by atoms with E-state index < -0.39 is 0 Å². The third-order valence-corrected chi connectivity index (χ3v) is 3.35. The Balaban J connectivity index is 1.68. The number of aromatic hydroxyl groups is 2. The molecule has 3 rings (SSSR count). The van der Waals surface area contributed by atoms with Crippen LogP contribution in [0.25, 0.3) is 11.3 Å². The molecule has 23 heavy (non-hydrogen) atoms. The molecule has 0 bridgehead atoms. The highest BCUT2D eigenvalue weighted by molar-refractivity contribution is 5.62. The number of nitrogens with one attached hydrogen (secondary N) is 1. The largest absolute Gasteiger partial charge is 0.508 e. The molecule has 0 atom stereocenters. The van der Waals surface area contributed by atoms with Crippen LogP contribution in [-0.4, -0.2) is 31.7 Å². The molecule has 0 saturated heterocycles. The molecule has 116 valence electrons. The average molecular weight is 308 g/mol.